The van der Waals surface area contributed by atoms with E-state index < -0.39 is 0 Å². The molecule has 1 aliphatic carbocycles. The van der Waals surface area contributed by atoms with Crippen LogP contribution in [-0.2, 0) is 0 Å². The Labute approximate surface area is 113 Å². The topological polar surface area (TPSA) is 15.3 Å². The molecule has 1 saturated heterocycles. The van der Waals surface area contributed by atoms with Gasteiger partial charge in [-0.3, -0.25) is 4.90 Å². The van der Waals surface area contributed by atoms with Crippen molar-refractivity contribution in [3.8, 4) is 12.3 Å². The number of hydrogen-bond donors (Lipinski definition) is 1. The highest BCUT2D eigenvalue weighted by molar-refractivity contribution is 5.09. The molecule has 1 N–H and O–H groups in total. The molecular formula is C16H28N2. The van der Waals surface area contributed by atoms with Gasteiger partial charge in [-0.15, -0.1) is 6.42 Å². The van der Waals surface area contributed by atoms with Crippen LogP contribution < -0.4 is 5.32 Å². The lowest BCUT2D eigenvalue weighted by atomic mass is 9.86. The summed E-state index contributed by atoms with van der Waals surface area (Å²) in [6.45, 7) is 11.4. The fourth-order valence-electron chi connectivity index (χ4n) is 3.41. The van der Waals surface area contributed by atoms with E-state index in [0.717, 1.165) is 25.4 Å². The van der Waals surface area contributed by atoms with Crippen molar-refractivity contribution in [3.63, 3.8) is 0 Å². The number of terminal acetylenes is 1. The molecule has 2 rings (SSSR count). The second-order valence-electron chi connectivity index (χ2n) is 6.65. The normalized spacial score (nSPS) is 35.4. The van der Waals surface area contributed by atoms with Gasteiger partial charge in [0, 0.05) is 24.7 Å². The highest BCUT2D eigenvalue weighted by Crippen LogP contribution is 2.42. The maximum atomic E-state index is 5.74. The quantitative estimate of drug-likeness (QED) is 0.769. The van der Waals surface area contributed by atoms with Crippen LogP contribution in [0, 0.1) is 24.2 Å². The maximum absolute atomic E-state index is 5.74. The first-order valence-corrected chi connectivity index (χ1v) is 7.48. The molecule has 0 aromatic heterocycles. The van der Waals surface area contributed by atoms with Gasteiger partial charge in [-0.2, -0.15) is 0 Å². The minimum absolute atomic E-state index is 0.287. The van der Waals surface area contributed by atoms with Crippen LogP contribution in [0.2, 0.25) is 0 Å². The van der Waals surface area contributed by atoms with Crippen LogP contribution in [0.25, 0.3) is 0 Å². The van der Waals surface area contributed by atoms with E-state index in [1.807, 2.05) is 0 Å². The zero-order valence-corrected chi connectivity index (χ0v) is 12.4. The van der Waals surface area contributed by atoms with Crippen LogP contribution in [-0.4, -0.2) is 35.6 Å². The van der Waals surface area contributed by atoms with Crippen LogP contribution >= 0.6 is 0 Å². The molecule has 0 aromatic carbocycles. The van der Waals surface area contributed by atoms with Crippen molar-refractivity contribution in [2.24, 2.45) is 11.8 Å². The molecule has 2 fully saturated rings. The Hall–Kier alpha value is -0.520. The predicted octanol–water partition coefficient (Wildman–Crippen LogP) is 2.50. The molecule has 2 nitrogen and oxygen atoms in total. The summed E-state index contributed by atoms with van der Waals surface area (Å²) in [6, 6.07) is 0.885. The van der Waals surface area contributed by atoms with E-state index in [4.69, 9.17) is 6.42 Å². The minimum atomic E-state index is 0.287. The molecule has 0 aromatic rings. The summed E-state index contributed by atoms with van der Waals surface area (Å²) < 4.78 is 0. The number of nitrogens with zero attached hydrogens (tertiary/aromatic N) is 1. The summed E-state index contributed by atoms with van der Waals surface area (Å²) in [6.07, 6.45) is 9.57. The standard InChI is InChI=1S/C16H28N2/c1-6-14(7-2)18-11-16(5,13-8-9-13)17-10-15(18)12(3)4/h1,12-15,17H,7-11H2,2-5H3. The van der Waals surface area contributed by atoms with Crippen molar-refractivity contribution >= 4 is 0 Å². The Bertz CT molecular complexity index is 326. The first kappa shape index (κ1) is 13.9. The molecule has 3 atom stereocenters. The summed E-state index contributed by atoms with van der Waals surface area (Å²) in [4.78, 5) is 2.60. The number of nitrogens with one attached hydrogen (secondary N) is 1. The van der Waals surface area contributed by atoms with Gasteiger partial charge in [0.1, 0.15) is 0 Å². The molecule has 2 aliphatic rings. The summed E-state index contributed by atoms with van der Waals surface area (Å²) in [5.41, 5.74) is 0.287. The Morgan fingerprint density at radius 3 is 2.56 bits per heavy atom. The summed E-state index contributed by atoms with van der Waals surface area (Å²) in [5, 5.41) is 3.81. The van der Waals surface area contributed by atoms with Gasteiger partial charge in [0.2, 0.25) is 0 Å². The maximum Gasteiger partial charge on any atom is 0.0712 e. The lowest BCUT2D eigenvalue weighted by molar-refractivity contribution is 0.0338. The lowest BCUT2D eigenvalue weighted by Gasteiger charge is -2.50. The van der Waals surface area contributed by atoms with Crippen molar-refractivity contribution in [2.75, 3.05) is 13.1 Å². The molecule has 1 saturated carbocycles. The predicted molar refractivity (Wildman–Crippen MR) is 77.4 cm³/mol. The number of hydrogen-bond acceptors (Lipinski definition) is 2. The first-order chi connectivity index (χ1) is 8.51. The van der Waals surface area contributed by atoms with Gasteiger partial charge in [0.25, 0.3) is 0 Å². The second-order valence-corrected chi connectivity index (χ2v) is 6.65. The second kappa shape index (κ2) is 5.23. The Morgan fingerprint density at radius 1 is 1.44 bits per heavy atom. The molecule has 3 unspecified atom stereocenters. The van der Waals surface area contributed by atoms with E-state index in [2.05, 4.69) is 43.8 Å². The molecule has 0 amide bonds. The Morgan fingerprint density at radius 2 is 2.11 bits per heavy atom. The van der Waals surface area contributed by atoms with E-state index in [-0.39, 0.29) is 5.54 Å². The van der Waals surface area contributed by atoms with Gasteiger partial charge >= 0.3 is 0 Å². The minimum Gasteiger partial charge on any atom is -0.308 e. The van der Waals surface area contributed by atoms with Crippen LogP contribution in [0.1, 0.15) is 47.0 Å². The third kappa shape index (κ3) is 2.58. The summed E-state index contributed by atoms with van der Waals surface area (Å²) in [7, 11) is 0. The monoisotopic (exact) mass is 248 g/mol. The van der Waals surface area contributed by atoms with E-state index >= 15 is 0 Å². The molecule has 0 radical (unpaired) electrons. The largest absolute Gasteiger partial charge is 0.308 e. The van der Waals surface area contributed by atoms with Crippen molar-refractivity contribution in [3.05, 3.63) is 0 Å². The highest BCUT2D eigenvalue weighted by atomic mass is 15.3. The van der Waals surface area contributed by atoms with E-state index in [1.165, 1.54) is 12.8 Å². The third-order valence-electron chi connectivity index (χ3n) is 4.88. The smallest absolute Gasteiger partial charge is 0.0712 e. The fourth-order valence-corrected chi connectivity index (χ4v) is 3.41. The average molecular weight is 248 g/mol. The van der Waals surface area contributed by atoms with E-state index in [9.17, 15) is 0 Å². The number of rotatable bonds is 4. The van der Waals surface area contributed by atoms with Gasteiger partial charge in [-0.1, -0.05) is 26.7 Å². The molecule has 102 valence electrons. The molecule has 0 spiro atoms. The van der Waals surface area contributed by atoms with Gasteiger partial charge < -0.3 is 5.32 Å². The zero-order valence-electron chi connectivity index (χ0n) is 12.4. The molecular weight excluding hydrogens is 220 g/mol. The van der Waals surface area contributed by atoms with Gasteiger partial charge in [-0.25, -0.2) is 0 Å². The van der Waals surface area contributed by atoms with Gasteiger partial charge in [0.15, 0.2) is 0 Å². The fraction of sp³-hybridized carbons (Fsp3) is 0.875. The van der Waals surface area contributed by atoms with Gasteiger partial charge in [0.05, 0.1) is 6.04 Å². The van der Waals surface area contributed by atoms with Gasteiger partial charge in [-0.05, 0) is 38.0 Å². The van der Waals surface area contributed by atoms with Crippen molar-refractivity contribution in [1.29, 1.82) is 0 Å². The Kier molecular flexibility index (Phi) is 4.04. The number of piperazine rings is 1. The van der Waals surface area contributed by atoms with Crippen LogP contribution in [0.4, 0.5) is 0 Å². The molecule has 2 heteroatoms. The summed E-state index contributed by atoms with van der Waals surface area (Å²) in [5.74, 6) is 4.52. The molecule has 18 heavy (non-hydrogen) atoms. The molecule has 1 heterocycles. The SMILES string of the molecule is C#CC(CC)N1CC(C)(C2CC2)NCC1C(C)C. The van der Waals surface area contributed by atoms with Crippen molar-refractivity contribution in [2.45, 2.75) is 64.6 Å². The van der Waals surface area contributed by atoms with Crippen LogP contribution in [0.5, 0.6) is 0 Å². The molecule has 1 aliphatic heterocycles. The van der Waals surface area contributed by atoms with E-state index in [1.54, 1.807) is 0 Å². The van der Waals surface area contributed by atoms with Crippen LogP contribution in [0.15, 0.2) is 0 Å². The molecule has 0 bridgehead atoms. The third-order valence-corrected chi connectivity index (χ3v) is 4.88. The zero-order chi connectivity index (χ0) is 13.3. The van der Waals surface area contributed by atoms with E-state index in [0.29, 0.717) is 18.0 Å². The summed E-state index contributed by atoms with van der Waals surface area (Å²) >= 11 is 0. The van der Waals surface area contributed by atoms with Crippen LogP contribution in [0.3, 0.4) is 0 Å². The van der Waals surface area contributed by atoms with Crippen molar-refractivity contribution in [1.82, 2.24) is 10.2 Å². The Balaban J connectivity index is 2.15. The van der Waals surface area contributed by atoms with Crippen molar-refractivity contribution < 1.29 is 0 Å². The lowest BCUT2D eigenvalue weighted by Crippen LogP contribution is -2.66. The average Bonchev–Trinajstić information content (AvgIpc) is 3.14. The highest BCUT2D eigenvalue weighted by Gasteiger charge is 2.47. The first-order valence-electron chi connectivity index (χ1n) is 7.48.